The summed E-state index contributed by atoms with van der Waals surface area (Å²) in [5.74, 6) is 0. The summed E-state index contributed by atoms with van der Waals surface area (Å²) in [5.41, 5.74) is 5.11. The minimum Gasteiger partial charge on any atom is -0.308 e. The molecule has 0 aliphatic rings. The van der Waals surface area contributed by atoms with Gasteiger partial charge in [0.15, 0.2) is 0 Å². The van der Waals surface area contributed by atoms with Crippen molar-refractivity contribution in [3.63, 3.8) is 0 Å². The highest BCUT2D eigenvalue weighted by atomic mass is 32.1. The van der Waals surface area contributed by atoms with E-state index in [0.29, 0.717) is 0 Å². The van der Waals surface area contributed by atoms with Crippen LogP contribution in [0.5, 0.6) is 0 Å². The molecule has 0 aliphatic carbocycles. The average molecular weight is 246 g/mol. The molecule has 1 heterocycles. The fourth-order valence-corrected chi connectivity index (χ4v) is 2.70. The van der Waals surface area contributed by atoms with Crippen LogP contribution in [0.15, 0.2) is 23.6 Å². The highest BCUT2D eigenvalue weighted by molar-refractivity contribution is 7.09. The molecule has 0 radical (unpaired) electrons. The lowest BCUT2D eigenvalue weighted by molar-refractivity contribution is 0.669. The summed E-state index contributed by atoms with van der Waals surface area (Å²) in [4.78, 5) is 4.59. The largest absolute Gasteiger partial charge is 0.308 e. The Hall–Kier alpha value is -1.19. The van der Waals surface area contributed by atoms with Crippen molar-refractivity contribution in [2.24, 2.45) is 0 Å². The number of benzene rings is 1. The smallest absolute Gasteiger partial charge is 0.0898 e. The van der Waals surface area contributed by atoms with Gasteiger partial charge in [-0.15, -0.1) is 11.3 Å². The first-order valence-corrected chi connectivity index (χ1v) is 6.67. The first-order chi connectivity index (χ1) is 8.13. The molecule has 0 spiro atoms. The van der Waals surface area contributed by atoms with Crippen LogP contribution >= 0.6 is 11.3 Å². The number of nitrogens with one attached hydrogen (secondary N) is 1. The summed E-state index contributed by atoms with van der Waals surface area (Å²) in [6, 6.07) is 6.64. The third-order valence-electron chi connectivity index (χ3n) is 3.18. The number of aryl methyl sites for hydroxylation is 2. The van der Waals surface area contributed by atoms with Crippen LogP contribution in [0.2, 0.25) is 0 Å². The van der Waals surface area contributed by atoms with Crippen LogP contribution in [0, 0.1) is 20.8 Å². The van der Waals surface area contributed by atoms with Gasteiger partial charge < -0.3 is 5.32 Å². The zero-order valence-electron chi connectivity index (χ0n) is 10.7. The molecule has 17 heavy (non-hydrogen) atoms. The molecule has 1 atom stereocenters. The number of hydrogen-bond acceptors (Lipinski definition) is 3. The Morgan fingerprint density at radius 3 is 2.59 bits per heavy atom. The Bertz CT molecular complexity index is 517. The normalized spacial score (nSPS) is 12.7. The average Bonchev–Trinajstić information content (AvgIpc) is 2.72. The summed E-state index contributed by atoms with van der Waals surface area (Å²) in [5, 5.41) is 6.61. The Morgan fingerprint density at radius 1 is 1.24 bits per heavy atom. The molecule has 0 aliphatic heterocycles. The van der Waals surface area contributed by atoms with Crippen molar-refractivity contribution in [1.29, 1.82) is 0 Å². The highest BCUT2D eigenvalue weighted by Gasteiger charge is 2.17. The highest BCUT2D eigenvalue weighted by Crippen LogP contribution is 2.26. The number of hydrogen-bond donors (Lipinski definition) is 1. The second kappa shape index (κ2) is 4.98. The minimum atomic E-state index is 0.194. The van der Waals surface area contributed by atoms with E-state index in [1.807, 2.05) is 14.0 Å². The van der Waals surface area contributed by atoms with Crippen molar-refractivity contribution in [2.75, 3.05) is 7.05 Å². The number of thiazole rings is 1. The maximum Gasteiger partial charge on any atom is 0.0898 e. The maximum absolute atomic E-state index is 4.59. The maximum atomic E-state index is 4.59. The zero-order chi connectivity index (χ0) is 12.4. The van der Waals surface area contributed by atoms with Gasteiger partial charge in [-0.3, -0.25) is 0 Å². The lowest BCUT2D eigenvalue weighted by Gasteiger charge is -2.18. The van der Waals surface area contributed by atoms with E-state index >= 15 is 0 Å². The lowest BCUT2D eigenvalue weighted by Crippen LogP contribution is -2.19. The molecule has 0 saturated heterocycles. The molecular formula is C14H18N2S. The van der Waals surface area contributed by atoms with E-state index in [4.69, 9.17) is 0 Å². The first kappa shape index (κ1) is 12.3. The van der Waals surface area contributed by atoms with E-state index < -0.39 is 0 Å². The van der Waals surface area contributed by atoms with Crippen LogP contribution in [-0.2, 0) is 0 Å². The summed E-state index contributed by atoms with van der Waals surface area (Å²) in [7, 11) is 1.99. The second-order valence-electron chi connectivity index (χ2n) is 4.30. The molecule has 2 nitrogen and oxygen atoms in total. The van der Waals surface area contributed by atoms with Gasteiger partial charge in [0, 0.05) is 5.38 Å². The van der Waals surface area contributed by atoms with Crippen molar-refractivity contribution in [3.8, 4) is 0 Å². The van der Waals surface area contributed by atoms with Gasteiger partial charge in [0.25, 0.3) is 0 Å². The molecule has 0 bridgehead atoms. The van der Waals surface area contributed by atoms with Crippen molar-refractivity contribution in [1.82, 2.24) is 10.3 Å². The summed E-state index contributed by atoms with van der Waals surface area (Å²) >= 11 is 1.70. The van der Waals surface area contributed by atoms with E-state index in [0.717, 1.165) is 10.7 Å². The molecule has 1 aromatic carbocycles. The van der Waals surface area contributed by atoms with Crippen LogP contribution in [0.25, 0.3) is 0 Å². The van der Waals surface area contributed by atoms with Gasteiger partial charge >= 0.3 is 0 Å². The molecule has 1 unspecified atom stereocenters. The monoisotopic (exact) mass is 246 g/mol. The standard InChI is InChI=1S/C14H18N2S/c1-9-6-5-7-12(10(9)2)14(15-4)13-8-17-11(3)16-13/h5-8,14-15H,1-4H3. The minimum absolute atomic E-state index is 0.194. The zero-order valence-corrected chi connectivity index (χ0v) is 11.6. The van der Waals surface area contributed by atoms with Gasteiger partial charge in [-0.05, 0) is 44.5 Å². The number of nitrogens with zero attached hydrogens (tertiary/aromatic N) is 1. The molecule has 2 aromatic rings. The molecule has 90 valence electrons. The molecular weight excluding hydrogens is 228 g/mol. The second-order valence-corrected chi connectivity index (χ2v) is 5.36. The van der Waals surface area contributed by atoms with Gasteiger partial charge in [0.05, 0.1) is 16.7 Å². The Morgan fingerprint density at radius 2 is 2.00 bits per heavy atom. The predicted octanol–water partition coefficient (Wildman–Crippen LogP) is 3.38. The van der Waals surface area contributed by atoms with Crippen LogP contribution in [0.1, 0.15) is 33.4 Å². The van der Waals surface area contributed by atoms with Gasteiger partial charge in [-0.2, -0.15) is 0 Å². The molecule has 0 amide bonds. The third kappa shape index (κ3) is 2.40. The van der Waals surface area contributed by atoms with E-state index in [1.165, 1.54) is 16.7 Å². The summed E-state index contributed by atoms with van der Waals surface area (Å²) in [6.45, 7) is 6.37. The molecule has 0 saturated carbocycles. The fourth-order valence-electron chi connectivity index (χ4n) is 2.06. The fraction of sp³-hybridized carbons (Fsp3) is 0.357. The van der Waals surface area contributed by atoms with E-state index in [-0.39, 0.29) is 6.04 Å². The van der Waals surface area contributed by atoms with Crippen molar-refractivity contribution in [3.05, 3.63) is 51.0 Å². The van der Waals surface area contributed by atoms with Crippen molar-refractivity contribution in [2.45, 2.75) is 26.8 Å². The quantitative estimate of drug-likeness (QED) is 0.898. The topological polar surface area (TPSA) is 24.9 Å². The van der Waals surface area contributed by atoms with Crippen LogP contribution < -0.4 is 5.32 Å². The number of aromatic nitrogens is 1. The van der Waals surface area contributed by atoms with Gasteiger partial charge in [0.2, 0.25) is 0 Å². The molecule has 1 N–H and O–H groups in total. The predicted molar refractivity (Wildman–Crippen MR) is 73.7 cm³/mol. The Kier molecular flexibility index (Phi) is 3.60. The van der Waals surface area contributed by atoms with E-state index in [1.54, 1.807) is 11.3 Å². The van der Waals surface area contributed by atoms with Gasteiger partial charge in [0.1, 0.15) is 0 Å². The van der Waals surface area contributed by atoms with E-state index in [2.05, 4.69) is 47.7 Å². The molecule has 2 rings (SSSR count). The Labute approximate surface area is 107 Å². The van der Waals surface area contributed by atoms with Gasteiger partial charge in [-0.1, -0.05) is 18.2 Å². The molecule has 0 fully saturated rings. The molecule has 3 heteroatoms. The SMILES string of the molecule is CNC(c1csc(C)n1)c1cccc(C)c1C. The van der Waals surface area contributed by atoms with Crippen LogP contribution in [0.3, 0.4) is 0 Å². The summed E-state index contributed by atoms with van der Waals surface area (Å²) < 4.78 is 0. The van der Waals surface area contributed by atoms with Crippen LogP contribution in [0.4, 0.5) is 0 Å². The lowest BCUT2D eigenvalue weighted by atomic mass is 9.96. The van der Waals surface area contributed by atoms with E-state index in [9.17, 15) is 0 Å². The third-order valence-corrected chi connectivity index (χ3v) is 3.97. The van der Waals surface area contributed by atoms with Crippen molar-refractivity contribution >= 4 is 11.3 Å². The van der Waals surface area contributed by atoms with Crippen LogP contribution in [-0.4, -0.2) is 12.0 Å². The summed E-state index contributed by atoms with van der Waals surface area (Å²) in [6.07, 6.45) is 0. The van der Waals surface area contributed by atoms with Gasteiger partial charge in [-0.25, -0.2) is 4.98 Å². The van der Waals surface area contributed by atoms with Crippen molar-refractivity contribution < 1.29 is 0 Å². The Balaban J connectivity index is 2.45. The molecule has 1 aromatic heterocycles. The number of rotatable bonds is 3. The first-order valence-electron chi connectivity index (χ1n) is 5.79.